The van der Waals surface area contributed by atoms with Crippen LogP contribution in [-0.2, 0) is 4.74 Å². The normalized spacial score (nSPS) is 45.0. The maximum atomic E-state index is 5.91. The average molecular weight is 157 g/mol. The summed E-state index contributed by atoms with van der Waals surface area (Å²) in [6.45, 7) is 2.70. The summed E-state index contributed by atoms with van der Waals surface area (Å²) in [7, 11) is 0. The van der Waals surface area contributed by atoms with Crippen LogP contribution in [0.2, 0.25) is 0 Å². The molecule has 2 aliphatic heterocycles. The van der Waals surface area contributed by atoms with Crippen molar-refractivity contribution in [1.29, 1.82) is 0 Å². The van der Waals surface area contributed by atoms with E-state index in [1.54, 1.807) is 0 Å². The molecule has 0 aliphatic carbocycles. The highest BCUT2D eigenvalue weighted by Gasteiger charge is 2.33. The first kappa shape index (κ1) is 7.49. The van der Waals surface area contributed by atoms with E-state index in [9.17, 15) is 0 Å². The summed E-state index contributed by atoms with van der Waals surface area (Å²) in [4.78, 5) is 0. The molecule has 2 rings (SSSR count). The number of nitrogens with one attached hydrogen (secondary N) is 2. The molecule has 2 aliphatic rings. The Kier molecular flexibility index (Phi) is 2.09. The van der Waals surface area contributed by atoms with Gasteiger partial charge in [-0.1, -0.05) is 0 Å². The summed E-state index contributed by atoms with van der Waals surface area (Å²) < 4.78 is 5.50. The second-order valence-corrected chi connectivity index (χ2v) is 3.18. The first-order chi connectivity index (χ1) is 5.38. The summed E-state index contributed by atoms with van der Waals surface area (Å²) in [5.74, 6) is 0. The number of hydrogen-bond acceptors (Lipinski definition) is 4. The first-order valence-corrected chi connectivity index (χ1v) is 4.22. The molecular formula is C7H15N3O. The van der Waals surface area contributed by atoms with Gasteiger partial charge in [-0.3, -0.25) is 5.32 Å². The zero-order valence-electron chi connectivity index (χ0n) is 6.55. The highest BCUT2D eigenvalue weighted by atomic mass is 16.5. The van der Waals surface area contributed by atoms with Crippen LogP contribution in [0.5, 0.6) is 0 Å². The number of fused-ring (bicyclic) bond motifs is 1. The number of ether oxygens (including phenoxy) is 1. The number of piperidine rings is 1. The van der Waals surface area contributed by atoms with E-state index in [2.05, 4.69) is 10.6 Å². The van der Waals surface area contributed by atoms with Crippen molar-refractivity contribution < 1.29 is 4.74 Å². The maximum Gasteiger partial charge on any atom is 0.125 e. The van der Waals surface area contributed by atoms with Crippen LogP contribution in [0.25, 0.3) is 0 Å². The molecule has 0 spiro atoms. The molecule has 4 N–H and O–H groups in total. The fourth-order valence-corrected chi connectivity index (χ4v) is 1.76. The smallest absolute Gasteiger partial charge is 0.125 e. The fraction of sp³-hybridized carbons (Fsp3) is 1.00. The van der Waals surface area contributed by atoms with Gasteiger partial charge in [-0.15, -0.1) is 0 Å². The van der Waals surface area contributed by atoms with Crippen molar-refractivity contribution in [3.63, 3.8) is 0 Å². The molecule has 0 aromatic heterocycles. The fourth-order valence-electron chi connectivity index (χ4n) is 1.76. The predicted molar refractivity (Wildman–Crippen MR) is 42.1 cm³/mol. The molecule has 64 valence electrons. The van der Waals surface area contributed by atoms with E-state index in [0.29, 0.717) is 6.04 Å². The molecule has 2 heterocycles. The van der Waals surface area contributed by atoms with E-state index in [1.165, 1.54) is 0 Å². The predicted octanol–water partition coefficient (Wildman–Crippen LogP) is -1.38. The zero-order valence-corrected chi connectivity index (χ0v) is 6.55. The Morgan fingerprint density at radius 3 is 3.00 bits per heavy atom. The lowest BCUT2D eigenvalue weighted by atomic mass is 9.99. The lowest BCUT2D eigenvalue weighted by Crippen LogP contribution is -2.65. The molecule has 3 unspecified atom stereocenters. The van der Waals surface area contributed by atoms with Gasteiger partial charge in [0.15, 0.2) is 0 Å². The van der Waals surface area contributed by atoms with E-state index >= 15 is 0 Å². The standard InChI is InChI=1S/C7H15N3O/c8-5-1-2-10-7-6(5)9-3-4-11-7/h5-7,9-10H,1-4,8H2. The van der Waals surface area contributed by atoms with Crippen molar-refractivity contribution >= 4 is 0 Å². The van der Waals surface area contributed by atoms with Crippen LogP contribution in [0, 0.1) is 0 Å². The van der Waals surface area contributed by atoms with Crippen LogP contribution in [0.1, 0.15) is 6.42 Å². The Morgan fingerprint density at radius 2 is 2.18 bits per heavy atom. The van der Waals surface area contributed by atoms with E-state index < -0.39 is 0 Å². The van der Waals surface area contributed by atoms with Crippen molar-refractivity contribution in [3.05, 3.63) is 0 Å². The molecule has 4 nitrogen and oxygen atoms in total. The van der Waals surface area contributed by atoms with Crippen molar-refractivity contribution in [3.8, 4) is 0 Å². The van der Waals surface area contributed by atoms with Crippen LogP contribution in [-0.4, -0.2) is 38.0 Å². The minimum Gasteiger partial charge on any atom is -0.360 e. The van der Waals surface area contributed by atoms with Gasteiger partial charge in [-0.05, 0) is 13.0 Å². The third kappa shape index (κ3) is 1.39. The van der Waals surface area contributed by atoms with Crippen molar-refractivity contribution in [2.24, 2.45) is 5.73 Å². The van der Waals surface area contributed by atoms with Gasteiger partial charge in [0.25, 0.3) is 0 Å². The van der Waals surface area contributed by atoms with Gasteiger partial charge in [0.1, 0.15) is 6.23 Å². The SMILES string of the molecule is NC1CCNC2OCCNC12. The van der Waals surface area contributed by atoms with Gasteiger partial charge in [-0.25, -0.2) is 0 Å². The monoisotopic (exact) mass is 157 g/mol. The topological polar surface area (TPSA) is 59.3 Å². The molecule has 3 atom stereocenters. The highest BCUT2D eigenvalue weighted by molar-refractivity contribution is 4.92. The largest absolute Gasteiger partial charge is 0.360 e. The second kappa shape index (κ2) is 3.06. The quantitative estimate of drug-likeness (QED) is 0.406. The highest BCUT2D eigenvalue weighted by Crippen LogP contribution is 2.11. The number of morpholine rings is 1. The van der Waals surface area contributed by atoms with Crippen LogP contribution in [0.3, 0.4) is 0 Å². The minimum absolute atomic E-state index is 0.146. The van der Waals surface area contributed by atoms with Crippen LogP contribution in [0.15, 0.2) is 0 Å². The minimum atomic E-state index is 0.146. The van der Waals surface area contributed by atoms with Gasteiger partial charge in [0.2, 0.25) is 0 Å². The molecular weight excluding hydrogens is 142 g/mol. The summed E-state index contributed by atoms with van der Waals surface area (Å²) in [6.07, 6.45) is 1.19. The van der Waals surface area contributed by atoms with Gasteiger partial charge in [0.05, 0.1) is 12.6 Å². The number of nitrogens with two attached hydrogens (primary N) is 1. The summed E-state index contributed by atoms with van der Waals surface area (Å²) in [5, 5.41) is 6.64. The molecule has 0 bridgehead atoms. The van der Waals surface area contributed by atoms with Crippen LogP contribution in [0.4, 0.5) is 0 Å². The van der Waals surface area contributed by atoms with Gasteiger partial charge in [-0.2, -0.15) is 0 Å². The lowest BCUT2D eigenvalue weighted by molar-refractivity contribution is -0.0438. The van der Waals surface area contributed by atoms with E-state index in [0.717, 1.165) is 26.1 Å². The first-order valence-electron chi connectivity index (χ1n) is 4.22. The van der Waals surface area contributed by atoms with Crippen molar-refractivity contribution in [2.45, 2.75) is 24.7 Å². The molecule has 2 saturated heterocycles. The van der Waals surface area contributed by atoms with Crippen molar-refractivity contribution in [1.82, 2.24) is 10.6 Å². The summed E-state index contributed by atoms with van der Waals surface area (Å²) in [5.41, 5.74) is 5.91. The molecule has 0 saturated carbocycles. The second-order valence-electron chi connectivity index (χ2n) is 3.18. The average Bonchev–Trinajstić information content (AvgIpc) is 2.06. The van der Waals surface area contributed by atoms with E-state index in [1.807, 2.05) is 0 Å². The van der Waals surface area contributed by atoms with E-state index in [-0.39, 0.29) is 12.3 Å². The molecule has 0 aromatic carbocycles. The van der Waals surface area contributed by atoms with Gasteiger partial charge >= 0.3 is 0 Å². The molecule has 0 aromatic rings. The zero-order chi connectivity index (χ0) is 7.68. The Labute approximate surface area is 66.5 Å². The van der Waals surface area contributed by atoms with Crippen LogP contribution < -0.4 is 16.4 Å². The number of rotatable bonds is 0. The van der Waals surface area contributed by atoms with Gasteiger partial charge in [0, 0.05) is 12.6 Å². The molecule has 2 fully saturated rings. The lowest BCUT2D eigenvalue weighted by Gasteiger charge is -2.40. The molecule has 4 heteroatoms. The third-order valence-corrected chi connectivity index (χ3v) is 2.39. The number of hydrogen-bond donors (Lipinski definition) is 3. The summed E-state index contributed by atoms with van der Waals surface area (Å²) in [6, 6.07) is 0.569. The Balaban J connectivity index is 1.99. The van der Waals surface area contributed by atoms with Crippen LogP contribution >= 0.6 is 0 Å². The third-order valence-electron chi connectivity index (χ3n) is 2.39. The van der Waals surface area contributed by atoms with Gasteiger partial charge < -0.3 is 15.8 Å². The summed E-state index contributed by atoms with van der Waals surface area (Å²) >= 11 is 0. The van der Waals surface area contributed by atoms with E-state index in [4.69, 9.17) is 10.5 Å². The molecule has 0 amide bonds. The molecule has 0 radical (unpaired) electrons. The Hall–Kier alpha value is -0.160. The Bertz CT molecular complexity index is 140. The Morgan fingerprint density at radius 1 is 1.27 bits per heavy atom. The molecule has 11 heavy (non-hydrogen) atoms. The maximum absolute atomic E-state index is 5.91. The van der Waals surface area contributed by atoms with Crippen molar-refractivity contribution in [2.75, 3.05) is 19.7 Å².